The average molecular weight is 369 g/mol. The van der Waals surface area contributed by atoms with E-state index < -0.39 is 0 Å². The van der Waals surface area contributed by atoms with Crippen molar-refractivity contribution in [1.82, 2.24) is 15.6 Å². The van der Waals surface area contributed by atoms with Gasteiger partial charge in [0.05, 0.1) is 5.01 Å². The van der Waals surface area contributed by atoms with Crippen molar-refractivity contribution >= 4 is 35.6 Å². The van der Waals surface area contributed by atoms with E-state index in [0.29, 0.717) is 37.3 Å². The number of carbonyl (C=O) groups is 2. The molecule has 0 bridgehead atoms. The number of hydrogen-bond acceptors (Lipinski definition) is 5. The fraction of sp³-hybridized carbons (Fsp3) is 0.312. The van der Waals surface area contributed by atoms with Gasteiger partial charge in [0.25, 0.3) is 11.8 Å². The van der Waals surface area contributed by atoms with E-state index in [-0.39, 0.29) is 24.2 Å². The number of benzene rings is 1. The second kappa shape index (κ2) is 10.0. The van der Waals surface area contributed by atoms with Crippen molar-refractivity contribution in [2.75, 3.05) is 19.6 Å². The Kier molecular flexibility index (Phi) is 8.39. The summed E-state index contributed by atoms with van der Waals surface area (Å²) < 4.78 is 0. The summed E-state index contributed by atoms with van der Waals surface area (Å²) in [7, 11) is 0. The molecule has 0 spiro atoms. The molecule has 0 aliphatic heterocycles. The maximum atomic E-state index is 11.9. The smallest absolute Gasteiger partial charge is 0.270 e. The highest BCUT2D eigenvalue weighted by Gasteiger charge is 2.10. The van der Waals surface area contributed by atoms with Gasteiger partial charge in [-0.05, 0) is 25.6 Å². The summed E-state index contributed by atoms with van der Waals surface area (Å²) in [5, 5.41) is 8.06. The number of amides is 2. The third-order valence-electron chi connectivity index (χ3n) is 3.15. The Hall–Kier alpha value is -1.96. The number of nitrogens with one attached hydrogen (secondary N) is 2. The lowest BCUT2D eigenvalue weighted by atomic mass is 10.1. The molecule has 2 rings (SSSR count). The van der Waals surface area contributed by atoms with Crippen LogP contribution in [0.4, 0.5) is 0 Å². The summed E-state index contributed by atoms with van der Waals surface area (Å²) in [6.45, 7) is 3.19. The van der Waals surface area contributed by atoms with Gasteiger partial charge in [-0.2, -0.15) is 0 Å². The van der Waals surface area contributed by atoms with Crippen molar-refractivity contribution in [2.45, 2.75) is 13.3 Å². The van der Waals surface area contributed by atoms with E-state index in [2.05, 4.69) is 15.6 Å². The first-order chi connectivity index (χ1) is 11.1. The largest absolute Gasteiger partial charge is 0.350 e. The fourth-order valence-corrected chi connectivity index (χ4v) is 2.70. The molecule has 130 valence electrons. The van der Waals surface area contributed by atoms with Gasteiger partial charge >= 0.3 is 0 Å². The van der Waals surface area contributed by atoms with Crippen molar-refractivity contribution in [3.8, 4) is 0 Å². The van der Waals surface area contributed by atoms with E-state index >= 15 is 0 Å². The van der Waals surface area contributed by atoms with Crippen LogP contribution >= 0.6 is 23.7 Å². The van der Waals surface area contributed by atoms with Crippen LogP contribution in [-0.2, 0) is 6.42 Å². The second-order valence-electron chi connectivity index (χ2n) is 5.04. The van der Waals surface area contributed by atoms with Gasteiger partial charge in [-0.25, -0.2) is 4.98 Å². The topological polar surface area (TPSA) is 97.1 Å². The summed E-state index contributed by atoms with van der Waals surface area (Å²) in [6, 6.07) is 7.32. The maximum Gasteiger partial charge on any atom is 0.270 e. The zero-order valence-electron chi connectivity index (χ0n) is 13.4. The number of nitrogens with zero attached hydrogens (tertiary/aromatic N) is 1. The van der Waals surface area contributed by atoms with Gasteiger partial charge in [-0.1, -0.05) is 17.7 Å². The third kappa shape index (κ3) is 5.92. The molecule has 0 atom stereocenters. The Labute approximate surface area is 151 Å². The molecular formula is C16H21ClN4O2S. The van der Waals surface area contributed by atoms with Crippen molar-refractivity contribution in [3.63, 3.8) is 0 Å². The summed E-state index contributed by atoms with van der Waals surface area (Å²) in [5.41, 5.74) is 7.55. The summed E-state index contributed by atoms with van der Waals surface area (Å²) in [5.74, 6) is -0.396. The van der Waals surface area contributed by atoms with Crippen LogP contribution in [-0.4, -0.2) is 36.4 Å². The molecular weight excluding hydrogens is 348 g/mol. The standard InChI is InChI=1S/C16H20N4O2S.ClH/c1-11-2-4-12(5-3-11)15(21)18-8-9-19-16(22)13-10-23-14(20-13)6-7-17;/h2-5,10H,6-9,17H2,1H3,(H,18,21)(H,19,22);1H. The molecule has 1 heterocycles. The average Bonchev–Trinajstić information content (AvgIpc) is 3.01. The van der Waals surface area contributed by atoms with Crippen LogP contribution in [0.1, 0.15) is 31.4 Å². The predicted molar refractivity (Wildman–Crippen MR) is 98.0 cm³/mol. The van der Waals surface area contributed by atoms with E-state index in [0.717, 1.165) is 10.6 Å². The molecule has 0 fully saturated rings. The van der Waals surface area contributed by atoms with Crippen LogP contribution in [0.5, 0.6) is 0 Å². The Morgan fingerprint density at radius 1 is 1.12 bits per heavy atom. The number of rotatable bonds is 7. The molecule has 8 heteroatoms. The number of nitrogens with two attached hydrogens (primary N) is 1. The molecule has 0 unspecified atom stereocenters. The summed E-state index contributed by atoms with van der Waals surface area (Å²) in [4.78, 5) is 28.0. The summed E-state index contributed by atoms with van der Waals surface area (Å²) >= 11 is 1.42. The first kappa shape index (κ1) is 20.1. The SMILES string of the molecule is Cc1ccc(C(=O)NCCNC(=O)c2csc(CCN)n2)cc1.Cl. The second-order valence-corrected chi connectivity index (χ2v) is 5.99. The molecule has 1 aromatic carbocycles. The van der Waals surface area contributed by atoms with E-state index in [9.17, 15) is 9.59 Å². The molecule has 0 saturated heterocycles. The Morgan fingerprint density at radius 2 is 1.75 bits per heavy atom. The lowest BCUT2D eigenvalue weighted by Crippen LogP contribution is -2.34. The monoisotopic (exact) mass is 368 g/mol. The lowest BCUT2D eigenvalue weighted by molar-refractivity contribution is 0.0925. The van der Waals surface area contributed by atoms with Crippen molar-refractivity contribution < 1.29 is 9.59 Å². The molecule has 0 aliphatic rings. The number of hydrogen-bond donors (Lipinski definition) is 3. The van der Waals surface area contributed by atoms with Gasteiger partial charge in [0.15, 0.2) is 0 Å². The predicted octanol–water partition coefficient (Wildman–Crippen LogP) is 1.53. The van der Waals surface area contributed by atoms with Gasteiger partial charge in [0.2, 0.25) is 0 Å². The van der Waals surface area contributed by atoms with Crippen molar-refractivity contribution in [1.29, 1.82) is 0 Å². The van der Waals surface area contributed by atoms with Crippen molar-refractivity contribution in [3.05, 3.63) is 51.5 Å². The van der Waals surface area contributed by atoms with Crippen molar-refractivity contribution in [2.24, 2.45) is 5.73 Å². The Morgan fingerprint density at radius 3 is 2.38 bits per heavy atom. The molecule has 4 N–H and O–H groups in total. The van der Waals surface area contributed by atoms with Crippen LogP contribution in [0, 0.1) is 6.92 Å². The molecule has 0 aliphatic carbocycles. The zero-order chi connectivity index (χ0) is 16.7. The molecule has 2 amide bonds. The quantitative estimate of drug-likeness (QED) is 0.645. The van der Waals surface area contributed by atoms with Crippen LogP contribution in [0.2, 0.25) is 0 Å². The van der Waals surface area contributed by atoms with E-state index in [4.69, 9.17) is 5.73 Å². The fourth-order valence-electron chi connectivity index (χ4n) is 1.90. The Bertz CT molecular complexity index is 673. The molecule has 6 nitrogen and oxygen atoms in total. The van der Waals surface area contributed by atoms with E-state index in [1.54, 1.807) is 17.5 Å². The minimum atomic E-state index is -0.242. The first-order valence-corrected chi connectivity index (χ1v) is 8.25. The number of carbonyl (C=O) groups excluding carboxylic acids is 2. The highest BCUT2D eigenvalue weighted by molar-refractivity contribution is 7.09. The molecule has 1 aromatic heterocycles. The van der Waals surface area contributed by atoms with Crippen LogP contribution < -0.4 is 16.4 Å². The minimum Gasteiger partial charge on any atom is -0.350 e. The summed E-state index contributed by atoms with van der Waals surface area (Å²) in [6.07, 6.45) is 0.671. The normalized spacial score (nSPS) is 9.92. The number of thiazole rings is 1. The van der Waals surface area contributed by atoms with Gasteiger partial charge in [0.1, 0.15) is 5.69 Å². The highest BCUT2D eigenvalue weighted by atomic mass is 35.5. The lowest BCUT2D eigenvalue weighted by Gasteiger charge is -2.06. The van der Waals surface area contributed by atoms with Crippen LogP contribution in [0.25, 0.3) is 0 Å². The number of aryl methyl sites for hydroxylation is 1. The Balaban J connectivity index is 0.00000288. The number of aromatic nitrogens is 1. The molecule has 24 heavy (non-hydrogen) atoms. The molecule has 2 aromatic rings. The number of halogens is 1. The molecule has 0 radical (unpaired) electrons. The molecule has 0 saturated carbocycles. The van der Waals surface area contributed by atoms with Gasteiger partial charge in [0, 0.05) is 30.5 Å². The van der Waals surface area contributed by atoms with E-state index in [1.165, 1.54) is 11.3 Å². The third-order valence-corrected chi connectivity index (χ3v) is 4.06. The highest BCUT2D eigenvalue weighted by Crippen LogP contribution is 2.09. The van der Waals surface area contributed by atoms with Crippen LogP contribution in [0.15, 0.2) is 29.6 Å². The van der Waals surface area contributed by atoms with Gasteiger partial charge in [-0.15, -0.1) is 23.7 Å². The zero-order valence-corrected chi connectivity index (χ0v) is 15.0. The van der Waals surface area contributed by atoms with E-state index in [1.807, 2.05) is 19.1 Å². The van der Waals surface area contributed by atoms with Gasteiger partial charge in [-0.3, -0.25) is 9.59 Å². The van der Waals surface area contributed by atoms with Crippen LogP contribution in [0.3, 0.4) is 0 Å². The first-order valence-electron chi connectivity index (χ1n) is 7.37. The minimum absolute atomic E-state index is 0. The van der Waals surface area contributed by atoms with Gasteiger partial charge < -0.3 is 16.4 Å². The maximum absolute atomic E-state index is 11.9.